The van der Waals surface area contributed by atoms with Crippen LogP contribution in [0.2, 0.25) is 0 Å². The Kier molecular flexibility index (Phi) is 11.6. The van der Waals surface area contributed by atoms with Crippen molar-refractivity contribution in [1.29, 1.82) is 0 Å². The van der Waals surface area contributed by atoms with Crippen LogP contribution in [0.5, 0.6) is 0 Å². The Balaban J connectivity index is 1.78. The molecule has 0 aromatic heterocycles. The fourth-order valence-corrected chi connectivity index (χ4v) is 5.35. The van der Waals surface area contributed by atoms with Crippen LogP contribution in [0.1, 0.15) is 58.6 Å². The molecular formula is C34H46N2O7. The fraction of sp³-hybridized carbons (Fsp3) is 0.529. The Bertz CT molecular complexity index is 1230. The molecule has 2 aromatic rings. The molecule has 1 heterocycles. The summed E-state index contributed by atoms with van der Waals surface area (Å²) in [6.07, 6.45) is -0.122. The second-order valence-corrected chi connectivity index (χ2v) is 12.9. The van der Waals surface area contributed by atoms with Gasteiger partial charge in [-0.15, -0.1) is 0 Å². The molecular weight excluding hydrogens is 548 g/mol. The van der Waals surface area contributed by atoms with Crippen molar-refractivity contribution in [2.45, 2.75) is 71.6 Å². The number of nitrogens with one attached hydrogen (secondary N) is 1. The van der Waals surface area contributed by atoms with E-state index in [9.17, 15) is 19.2 Å². The maximum atomic E-state index is 13.6. The third-order valence-corrected chi connectivity index (χ3v) is 7.57. The Morgan fingerprint density at radius 3 is 2.14 bits per heavy atom. The summed E-state index contributed by atoms with van der Waals surface area (Å²) in [5.41, 5.74) is -1.34. The van der Waals surface area contributed by atoms with Crippen molar-refractivity contribution < 1.29 is 33.4 Å². The van der Waals surface area contributed by atoms with E-state index in [-0.39, 0.29) is 49.9 Å². The summed E-state index contributed by atoms with van der Waals surface area (Å²) in [5.74, 6) is -1.14. The lowest BCUT2D eigenvalue weighted by molar-refractivity contribution is -0.162. The lowest BCUT2D eigenvalue weighted by atomic mass is 9.73. The smallest absolute Gasteiger partial charge is 0.408 e. The highest BCUT2D eigenvalue weighted by atomic mass is 16.6. The Morgan fingerprint density at radius 1 is 0.953 bits per heavy atom. The first kappa shape index (κ1) is 33.9. The fourth-order valence-electron chi connectivity index (χ4n) is 5.35. The number of methoxy groups -OCH3 is 1. The molecule has 1 saturated heterocycles. The van der Waals surface area contributed by atoms with E-state index in [0.29, 0.717) is 19.7 Å². The van der Waals surface area contributed by atoms with Gasteiger partial charge in [0.2, 0.25) is 0 Å². The summed E-state index contributed by atoms with van der Waals surface area (Å²) in [4.78, 5) is 54.6. The molecule has 1 unspecified atom stereocenters. The molecule has 43 heavy (non-hydrogen) atoms. The highest BCUT2D eigenvalue weighted by Gasteiger charge is 2.50. The minimum atomic E-state index is -1.34. The van der Waals surface area contributed by atoms with Gasteiger partial charge in [-0.3, -0.25) is 14.4 Å². The van der Waals surface area contributed by atoms with Crippen LogP contribution < -0.4 is 5.32 Å². The number of ketones is 2. The maximum Gasteiger partial charge on any atom is 0.408 e. The number of rotatable bonds is 13. The number of carbonyl (C=O) groups is 4. The molecule has 2 atom stereocenters. The molecule has 0 aliphatic carbocycles. The van der Waals surface area contributed by atoms with Crippen LogP contribution in [-0.4, -0.2) is 73.0 Å². The first-order valence-corrected chi connectivity index (χ1v) is 14.8. The van der Waals surface area contributed by atoms with Crippen LogP contribution in [0.4, 0.5) is 4.79 Å². The number of alkyl carbamates (subject to hydrolysis) is 1. The predicted octanol–water partition coefficient (Wildman–Crippen LogP) is 4.76. The van der Waals surface area contributed by atoms with Gasteiger partial charge in [-0.1, -0.05) is 60.7 Å². The van der Waals surface area contributed by atoms with Gasteiger partial charge in [0.15, 0.2) is 11.6 Å². The zero-order valence-electron chi connectivity index (χ0n) is 26.3. The first-order chi connectivity index (χ1) is 20.2. The summed E-state index contributed by atoms with van der Waals surface area (Å²) < 4.78 is 16.6. The van der Waals surface area contributed by atoms with Crippen molar-refractivity contribution >= 4 is 23.6 Å². The number of esters is 1. The minimum absolute atomic E-state index is 0.117. The highest BCUT2D eigenvalue weighted by molar-refractivity contribution is 6.05. The molecule has 1 aliphatic heterocycles. The normalized spacial score (nSPS) is 18.5. The van der Waals surface area contributed by atoms with Crippen LogP contribution in [0.25, 0.3) is 0 Å². The third-order valence-electron chi connectivity index (χ3n) is 7.57. The molecule has 1 N–H and O–H groups in total. The summed E-state index contributed by atoms with van der Waals surface area (Å²) in [5, 5.41) is 2.70. The van der Waals surface area contributed by atoms with Crippen LogP contribution >= 0.6 is 0 Å². The topological polar surface area (TPSA) is 111 Å². The first-order valence-electron chi connectivity index (χ1n) is 14.8. The number of hydrogen-bond acceptors (Lipinski definition) is 8. The number of likely N-dealkylation sites (tertiary alicyclic amines) is 1. The van der Waals surface area contributed by atoms with Gasteiger partial charge in [-0.25, -0.2) is 4.79 Å². The lowest BCUT2D eigenvalue weighted by Gasteiger charge is -2.41. The third kappa shape index (κ3) is 10.0. The minimum Gasteiger partial charge on any atom is -0.468 e. The van der Waals surface area contributed by atoms with Gasteiger partial charge in [-0.05, 0) is 52.2 Å². The molecule has 0 spiro atoms. The number of amides is 1. The van der Waals surface area contributed by atoms with Crippen molar-refractivity contribution in [3.63, 3.8) is 0 Å². The van der Waals surface area contributed by atoms with E-state index < -0.39 is 28.6 Å². The largest absolute Gasteiger partial charge is 0.468 e. The Hall–Kier alpha value is -3.56. The number of carbonyl (C=O) groups excluding carboxylic acids is 4. The van der Waals surface area contributed by atoms with E-state index in [1.165, 1.54) is 7.11 Å². The monoisotopic (exact) mass is 594 g/mol. The number of hydrogen-bond donors (Lipinski definition) is 1. The predicted molar refractivity (Wildman–Crippen MR) is 163 cm³/mol. The standard InChI is InChI=1S/C34H46N2O7/c1-32(2,3)43-31(40)35-33(4,5)29(38)19-27(23-42-22-26-15-11-8-12-16-26)21-36-18-17-28(37)34(24-36,30(39)41-6)20-25-13-9-7-10-14-25/h7-16,27H,17-24H2,1-6H3,(H,35,40)/t27-,34?/m1/s1. The van der Waals surface area contributed by atoms with E-state index in [1.807, 2.05) is 60.7 Å². The molecule has 1 aliphatic rings. The summed E-state index contributed by atoms with van der Waals surface area (Å²) >= 11 is 0. The van der Waals surface area contributed by atoms with Gasteiger partial charge in [0, 0.05) is 38.4 Å². The Labute approximate surface area is 255 Å². The van der Waals surface area contributed by atoms with E-state index in [1.54, 1.807) is 34.6 Å². The molecule has 0 radical (unpaired) electrons. The number of Topliss-reactive ketones (excluding diaryl/α,β-unsaturated/α-hetero) is 2. The van der Waals surface area contributed by atoms with Gasteiger partial charge in [-0.2, -0.15) is 0 Å². The summed E-state index contributed by atoms with van der Waals surface area (Å²) in [7, 11) is 1.31. The van der Waals surface area contributed by atoms with Crippen LogP contribution in [0.3, 0.4) is 0 Å². The molecule has 3 rings (SSSR count). The molecule has 9 heteroatoms. The number of benzene rings is 2. The zero-order valence-corrected chi connectivity index (χ0v) is 26.3. The van der Waals surface area contributed by atoms with Gasteiger partial charge < -0.3 is 24.4 Å². The lowest BCUT2D eigenvalue weighted by Crippen LogP contribution is -2.56. The SMILES string of the molecule is COC(=O)C1(Cc2ccccc2)CN(C[C@H](COCc2ccccc2)CC(=O)C(C)(C)NC(=O)OC(C)(C)C)CCC1=O. The van der Waals surface area contributed by atoms with Gasteiger partial charge in [0.1, 0.15) is 11.0 Å². The van der Waals surface area contributed by atoms with E-state index in [2.05, 4.69) is 10.2 Å². The average molecular weight is 595 g/mol. The van der Waals surface area contributed by atoms with Crippen LogP contribution in [0.15, 0.2) is 60.7 Å². The van der Waals surface area contributed by atoms with Crippen molar-refractivity contribution in [1.82, 2.24) is 10.2 Å². The van der Waals surface area contributed by atoms with Gasteiger partial charge in [0.25, 0.3) is 0 Å². The number of piperidine rings is 1. The van der Waals surface area contributed by atoms with Crippen LogP contribution in [0, 0.1) is 11.3 Å². The van der Waals surface area contributed by atoms with E-state index >= 15 is 0 Å². The molecule has 234 valence electrons. The maximum absolute atomic E-state index is 13.6. The average Bonchev–Trinajstić information content (AvgIpc) is 2.94. The van der Waals surface area contributed by atoms with Crippen molar-refractivity contribution in [3.8, 4) is 0 Å². The Morgan fingerprint density at radius 2 is 1.56 bits per heavy atom. The quantitative estimate of drug-likeness (QED) is 0.261. The van der Waals surface area contributed by atoms with E-state index in [4.69, 9.17) is 14.2 Å². The van der Waals surface area contributed by atoms with Gasteiger partial charge in [0.05, 0.1) is 25.9 Å². The number of nitrogens with zero attached hydrogens (tertiary/aromatic N) is 1. The van der Waals surface area contributed by atoms with Crippen molar-refractivity contribution in [2.75, 3.05) is 33.4 Å². The highest BCUT2D eigenvalue weighted by Crippen LogP contribution is 2.33. The van der Waals surface area contributed by atoms with Crippen molar-refractivity contribution in [2.24, 2.45) is 11.3 Å². The molecule has 9 nitrogen and oxygen atoms in total. The van der Waals surface area contributed by atoms with Crippen molar-refractivity contribution in [3.05, 3.63) is 71.8 Å². The molecule has 2 aromatic carbocycles. The molecule has 0 saturated carbocycles. The molecule has 0 bridgehead atoms. The van der Waals surface area contributed by atoms with Crippen LogP contribution in [-0.2, 0) is 41.6 Å². The molecule has 1 fully saturated rings. The van der Waals surface area contributed by atoms with E-state index in [0.717, 1.165) is 11.1 Å². The molecule has 1 amide bonds. The second-order valence-electron chi connectivity index (χ2n) is 12.9. The number of ether oxygens (including phenoxy) is 3. The summed E-state index contributed by atoms with van der Waals surface area (Å²) in [6.45, 7) is 10.3. The zero-order chi connectivity index (χ0) is 31.7. The second kappa shape index (κ2) is 14.8. The van der Waals surface area contributed by atoms with Gasteiger partial charge >= 0.3 is 12.1 Å². The summed E-state index contributed by atoms with van der Waals surface area (Å²) in [6, 6.07) is 19.2.